The van der Waals surface area contributed by atoms with E-state index in [9.17, 15) is 0 Å². The van der Waals surface area contributed by atoms with Crippen LogP contribution < -0.4 is 0 Å². The lowest BCUT2D eigenvalue weighted by molar-refractivity contribution is 1.18. The SMILES string of the molecule is Cc1ccc2c3cc(c-2cc1)Cc1cc(c2ccc(C)ccc1-2)Cc1cc(c2ccc(C)ccc1-2)Cc1cc(c2ccc(C)ccc1-2)C3. The van der Waals surface area contributed by atoms with E-state index in [1.54, 1.807) is 0 Å². The van der Waals surface area contributed by atoms with E-state index in [-0.39, 0.29) is 0 Å². The zero-order valence-electron chi connectivity index (χ0n) is 28.4. The summed E-state index contributed by atoms with van der Waals surface area (Å²) in [6, 6.07) is 47.3. The summed E-state index contributed by atoms with van der Waals surface area (Å²) in [6.07, 6.45) is 3.67. The lowest BCUT2D eigenvalue weighted by Gasteiger charge is -2.05. The van der Waals surface area contributed by atoms with Crippen molar-refractivity contribution in [3.63, 3.8) is 0 Å². The number of rotatable bonds is 0. The first kappa shape index (κ1) is 29.0. The largest absolute Gasteiger partial charge is 0.0587 e. The Morgan fingerprint density at radius 1 is 0.229 bits per heavy atom. The molecular formula is C48H40. The molecule has 9 rings (SSSR count). The minimum Gasteiger partial charge on any atom is -0.0587 e. The third kappa shape index (κ3) is 4.90. The standard InChI is InChI=1S/C48H40/c1-29-5-13-41-33-21-34(42(41)14-6-29)26-36-23-38(46-18-10-31(3)8-16-44(36)46)28-40-24-39(47-19-11-32(4)12-20-48(40)47)27-37-22-35(25-33)43-15-7-30(2)9-17-45(37)43/h5-24H,25-28H2,1-4H3. The summed E-state index contributed by atoms with van der Waals surface area (Å²) in [5.41, 5.74) is 27.6. The lowest BCUT2D eigenvalue weighted by atomic mass is 9.98. The Labute approximate surface area is 285 Å². The van der Waals surface area contributed by atoms with E-state index in [2.05, 4.69) is 149 Å². The van der Waals surface area contributed by atoms with Crippen LogP contribution in [0.4, 0.5) is 0 Å². The van der Waals surface area contributed by atoms with Gasteiger partial charge in [0.05, 0.1) is 0 Å². The predicted molar refractivity (Wildman–Crippen MR) is 202 cm³/mol. The normalized spacial score (nSPS) is 13.1. The van der Waals surface area contributed by atoms with Crippen molar-refractivity contribution in [1.29, 1.82) is 0 Å². The summed E-state index contributed by atoms with van der Waals surface area (Å²) < 4.78 is 0. The third-order valence-corrected chi connectivity index (χ3v) is 10.9. The van der Waals surface area contributed by atoms with Crippen molar-refractivity contribution >= 4 is 0 Å². The number of aryl methyl sites for hydroxylation is 4. The number of hydrogen-bond acceptors (Lipinski definition) is 0. The second-order valence-corrected chi connectivity index (χ2v) is 14.4. The van der Waals surface area contributed by atoms with Gasteiger partial charge in [0.1, 0.15) is 0 Å². The minimum absolute atomic E-state index is 0.918. The maximum Gasteiger partial charge on any atom is -0.00132 e. The summed E-state index contributed by atoms with van der Waals surface area (Å²) in [5.74, 6) is 0. The Morgan fingerprint density at radius 3 is 0.521 bits per heavy atom. The average Bonchev–Trinajstić information content (AvgIpc) is 3.53. The van der Waals surface area contributed by atoms with E-state index < -0.39 is 0 Å². The van der Waals surface area contributed by atoms with Crippen LogP contribution in [0, 0.1) is 27.7 Å². The molecule has 0 aliphatic heterocycles. The van der Waals surface area contributed by atoms with Crippen molar-refractivity contribution in [2.75, 3.05) is 0 Å². The van der Waals surface area contributed by atoms with Gasteiger partial charge < -0.3 is 0 Å². The molecule has 0 fully saturated rings. The van der Waals surface area contributed by atoms with E-state index in [0.29, 0.717) is 0 Å². The van der Waals surface area contributed by atoms with Crippen LogP contribution in [-0.4, -0.2) is 0 Å². The van der Waals surface area contributed by atoms with E-state index in [1.807, 2.05) is 0 Å². The number of hydrogen-bond donors (Lipinski definition) is 0. The summed E-state index contributed by atoms with van der Waals surface area (Å²) in [7, 11) is 0. The Bertz CT molecular complexity index is 1900. The van der Waals surface area contributed by atoms with Gasteiger partial charge in [-0.15, -0.1) is 0 Å². The van der Waals surface area contributed by atoms with Crippen molar-refractivity contribution in [1.82, 2.24) is 0 Å². The summed E-state index contributed by atoms with van der Waals surface area (Å²) in [6.45, 7) is 8.81. The van der Waals surface area contributed by atoms with E-state index >= 15 is 0 Å². The van der Waals surface area contributed by atoms with Gasteiger partial charge in [0.25, 0.3) is 0 Å². The van der Waals surface area contributed by atoms with Crippen LogP contribution in [0.2, 0.25) is 0 Å². The second kappa shape index (κ2) is 11.2. The van der Waals surface area contributed by atoms with Gasteiger partial charge in [-0.25, -0.2) is 0 Å². The zero-order valence-corrected chi connectivity index (χ0v) is 28.4. The van der Waals surface area contributed by atoms with Crippen LogP contribution in [0.1, 0.15) is 66.8 Å². The Morgan fingerprint density at radius 2 is 0.375 bits per heavy atom. The highest BCUT2D eigenvalue weighted by Gasteiger charge is 2.25. The fourth-order valence-corrected chi connectivity index (χ4v) is 8.35. The molecule has 0 unspecified atom stereocenters. The highest BCUT2D eigenvalue weighted by Crippen LogP contribution is 2.44. The van der Waals surface area contributed by atoms with E-state index in [1.165, 1.54) is 111 Å². The van der Waals surface area contributed by atoms with Crippen LogP contribution in [0.15, 0.2) is 121 Å². The van der Waals surface area contributed by atoms with Crippen LogP contribution in [0.3, 0.4) is 0 Å². The van der Waals surface area contributed by atoms with Crippen molar-refractivity contribution in [2.45, 2.75) is 53.4 Å². The molecule has 0 heteroatoms. The maximum atomic E-state index is 2.52. The topological polar surface area (TPSA) is 0 Å². The van der Waals surface area contributed by atoms with Crippen LogP contribution in [-0.2, 0) is 25.7 Å². The fourth-order valence-electron chi connectivity index (χ4n) is 8.35. The second-order valence-electron chi connectivity index (χ2n) is 14.4. The predicted octanol–water partition coefficient (Wildman–Crippen LogP) is 12.0. The van der Waals surface area contributed by atoms with Gasteiger partial charge in [-0.3, -0.25) is 0 Å². The quantitative estimate of drug-likeness (QED) is 0.159. The molecule has 9 aliphatic rings. The molecule has 0 saturated heterocycles. The van der Waals surface area contributed by atoms with E-state index in [0.717, 1.165) is 25.7 Å². The van der Waals surface area contributed by atoms with Crippen molar-refractivity contribution in [3.8, 4) is 44.5 Å². The van der Waals surface area contributed by atoms with Gasteiger partial charge in [-0.05, 0) is 142 Å². The lowest BCUT2D eigenvalue weighted by Crippen LogP contribution is -1.87. The first-order valence-electron chi connectivity index (χ1n) is 17.4. The molecule has 0 heterocycles. The smallest absolute Gasteiger partial charge is 0.00132 e. The Balaban J connectivity index is 1.33. The molecule has 0 nitrogen and oxygen atoms in total. The molecular weight excluding hydrogens is 577 g/mol. The molecule has 0 aromatic rings. The molecule has 9 aliphatic carbocycles. The fraction of sp³-hybridized carbons (Fsp3) is 0.167. The molecule has 0 aromatic heterocycles. The molecule has 0 amide bonds. The van der Waals surface area contributed by atoms with E-state index in [4.69, 9.17) is 0 Å². The minimum atomic E-state index is 0.918. The molecule has 0 N–H and O–H groups in total. The van der Waals surface area contributed by atoms with Gasteiger partial charge >= 0.3 is 0 Å². The molecule has 0 aromatic carbocycles. The summed E-state index contributed by atoms with van der Waals surface area (Å²) in [5, 5.41) is 0. The highest BCUT2D eigenvalue weighted by atomic mass is 14.3. The molecule has 8 bridgehead atoms. The van der Waals surface area contributed by atoms with Crippen LogP contribution >= 0.6 is 0 Å². The first-order chi connectivity index (χ1) is 23.4. The van der Waals surface area contributed by atoms with Crippen molar-refractivity contribution in [3.05, 3.63) is 188 Å². The van der Waals surface area contributed by atoms with Gasteiger partial charge in [0, 0.05) is 0 Å². The van der Waals surface area contributed by atoms with Gasteiger partial charge in [0.2, 0.25) is 0 Å². The number of fused-ring (bicyclic) bond motifs is 20. The molecule has 0 radical (unpaired) electrons. The third-order valence-electron chi connectivity index (χ3n) is 10.9. The summed E-state index contributed by atoms with van der Waals surface area (Å²) in [4.78, 5) is 0. The Kier molecular flexibility index (Phi) is 6.77. The average molecular weight is 617 g/mol. The van der Waals surface area contributed by atoms with Gasteiger partial charge in [-0.2, -0.15) is 0 Å². The molecule has 0 saturated carbocycles. The van der Waals surface area contributed by atoms with Crippen LogP contribution in [0.25, 0.3) is 44.5 Å². The monoisotopic (exact) mass is 616 g/mol. The molecule has 0 spiro atoms. The van der Waals surface area contributed by atoms with Crippen molar-refractivity contribution < 1.29 is 0 Å². The highest BCUT2D eigenvalue weighted by molar-refractivity contribution is 5.83. The molecule has 48 heavy (non-hydrogen) atoms. The van der Waals surface area contributed by atoms with Crippen LogP contribution in [0.5, 0.6) is 0 Å². The summed E-state index contributed by atoms with van der Waals surface area (Å²) >= 11 is 0. The van der Waals surface area contributed by atoms with Gasteiger partial charge in [-0.1, -0.05) is 144 Å². The van der Waals surface area contributed by atoms with Gasteiger partial charge in [0.15, 0.2) is 0 Å². The zero-order chi connectivity index (χ0) is 32.5. The van der Waals surface area contributed by atoms with Crippen molar-refractivity contribution in [2.24, 2.45) is 0 Å². The Hall–Kier alpha value is -5.20. The molecule has 232 valence electrons. The maximum absolute atomic E-state index is 2.52. The first-order valence-corrected chi connectivity index (χ1v) is 17.4. The molecule has 0 atom stereocenters.